The molecule has 0 saturated heterocycles. The fraction of sp³-hybridized carbons (Fsp3) is 1.00. The molecule has 17 rings (SSSR count). The van der Waals surface area contributed by atoms with Gasteiger partial charge in [-0.3, -0.25) is 0 Å². The van der Waals surface area contributed by atoms with Gasteiger partial charge in [-0.2, -0.15) is 0 Å². The molecule has 17 aliphatic rings. The number of fused-ring (bicyclic) bond motifs is 13. The van der Waals surface area contributed by atoms with Gasteiger partial charge < -0.3 is 0 Å². The van der Waals surface area contributed by atoms with Crippen molar-refractivity contribution >= 4 is 0 Å². The fourth-order valence-corrected chi connectivity index (χ4v) is 46.2. The maximum atomic E-state index is 3.26. The molecule has 0 N–H and O–H groups in total. The van der Waals surface area contributed by atoms with Gasteiger partial charge in [0.15, 0.2) is 0 Å². The van der Waals surface area contributed by atoms with Gasteiger partial charge in [0.05, 0.1) is 0 Å². The van der Waals surface area contributed by atoms with E-state index in [0.29, 0.717) is 70.5 Å². The summed E-state index contributed by atoms with van der Waals surface area (Å²) in [6.07, 6.45) is 16.3. The Hall–Kier alpha value is 0. The van der Waals surface area contributed by atoms with Crippen LogP contribution in [0.25, 0.3) is 0 Å². The van der Waals surface area contributed by atoms with Crippen LogP contribution >= 0.6 is 0 Å². The largest absolute Gasteiger partial charge is 0.0625 e. The van der Waals surface area contributed by atoms with E-state index in [2.05, 4.69) is 305 Å². The van der Waals surface area contributed by atoms with Gasteiger partial charge in [-0.05, 0) is 465 Å². The quantitative estimate of drug-likeness (QED) is 0.245. The summed E-state index contributed by atoms with van der Waals surface area (Å²) in [6.45, 7) is 129. The topological polar surface area (TPSA) is 0 Å². The van der Waals surface area contributed by atoms with E-state index >= 15 is 0 Å². The van der Waals surface area contributed by atoms with Crippen LogP contribution in [0.5, 0.6) is 0 Å². The zero-order valence-corrected chi connectivity index (χ0v) is 90.1. The van der Waals surface area contributed by atoms with Crippen molar-refractivity contribution < 1.29 is 0 Å². The second kappa shape index (κ2) is 33.8. The van der Waals surface area contributed by atoms with E-state index in [1.807, 2.05) is 0 Å². The Kier molecular flexibility index (Phi) is 26.8. The third-order valence-corrected chi connectivity index (χ3v) is 55.7. The Morgan fingerprint density at radius 3 is 1.07 bits per heavy atom. The van der Waals surface area contributed by atoms with E-state index in [1.54, 1.807) is 0 Å². The van der Waals surface area contributed by atoms with E-state index in [1.165, 1.54) is 70.6 Å². The zero-order valence-electron chi connectivity index (χ0n) is 90.1. The van der Waals surface area contributed by atoms with Gasteiger partial charge in [0.2, 0.25) is 0 Å². The maximum Gasteiger partial charge on any atom is -0.0227 e. The molecule has 0 radical (unpaired) electrons. The van der Waals surface area contributed by atoms with Crippen LogP contribution in [0.4, 0.5) is 0 Å². The highest BCUT2D eigenvalue weighted by Gasteiger charge is 2.75. The Morgan fingerprint density at radius 1 is 0.197 bits per heavy atom. The molecule has 704 valence electrons. The first kappa shape index (κ1) is 96.6. The molecule has 122 heavy (non-hydrogen) atoms. The molecule has 0 aromatic rings. The van der Waals surface area contributed by atoms with Crippen molar-refractivity contribution in [2.24, 2.45) is 394 Å². The summed E-state index contributed by atoms with van der Waals surface area (Å²) >= 11 is 0. The van der Waals surface area contributed by atoms with Gasteiger partial charge >= 0.3 is 0 Å². The fourth-order valence-electron chi connectivity index (χ4n) is 46.2. The molecule has 17 aliphatic carbocycles. The van der Waals surface area contributed by atoms with Crippen LogP contribution < -0.4 is 0 Å². The summed E-state index contributed by atoms with van der Waals surface area (Å²) in [5, 5.41) is 0. The van der Waals surface area contributed by atoms with Crippen molar-refractivity contribution in [3.05, 3.63) is 0 Å². The van der Waals surface area contributed by atoms with Crippen molar-refractivity contribution in [1.82, 2.24) is 0 Å². The summed E-state index contributed by atoms with van der Waals surface area (Å²) in [7, 11) is 0. The van der Waals surface area contributed by atoms with Crippen molar-refractivity contribution in [2.45, 2.75) is 375 Å². The number of rotatable bonds is 1. The monoisotopic (exact) mass is 1680 g/mol. The van der Waals surface area contributed by atoms with Crippen LogP contribution in [0, 0.1) is 394 Å². The Balaban J connectivity index is 0.978. The third-order valence-electron chi connectivity index (χ3n) is 55.7. The SMILES string of the molecule is CC1CC2(C1)C(C)C(C)C1C(C)(C3CC4C(C)C(C)C3CC(CC3C(C)CC(CC(C)C(C)C(C5C(C)C(C)C(C)C(C)C5C)CC5C(C)C(C)C6C7CC(C)C(C)CC7C(C(C)C6C5C)C5C(C)C(C)C(C)C4C5C)C(C)C3C)C(C)(C)C3CC(C4C(C)C(C)C(C)C(C)C4C3C)C3C(C)C(C(C)C4C(C)C(C)C(C)C(C)C43)C(C)(C)C1(C)C)C2C. The number of hydrogen-bond acceptors (Lipinski definition) is 0. The van der Waals surface area contributed by atoms with Gasteiger partial charge in [0.25, 0.3) is 0 Å². The first-order chi connectivity index (χ1) is 56.6. The van der Waals surface area contributed by atoms with Gasteiger partial charge in [-0.25, -0.2) is 0 Å². The van der Waals surface area contributed by atoms with E-state index in [-0.39, 0.29) is 21.7 Å². The lowest BCUT2D eigenvalue weighted by Crippen LogP contribution is -2.69. The van der Waals surface area contributed by atoms with Crippen LogP contribution in [-0.2, 0) is 0 Å². The second-order valence-corrected chi connectivity index (χ2v) is 58.0. The molecular formula is C122H216. The highest BCUT2D eigenvalue weighted by molar-refractivity contribution is 5.22. The molecule has 0 aliphatic heterocycles. The van der Waals surface area contributed by atoms with E-state index < -0.39 is 0 Å². The second-order valence-electron chi connectivity index (χ2n) is 58.0. The van der Waals surface area contributed by atoms with Crippen molar-refractivity contribution in [1.29, 1.82) is 0 Å². The van der Waals surface area contributed by atoms with Crippen LogP contribution in [0.15, 0.2) is 0 Å². The smallest absolute Gasteiger partial charge is 0.0227 e. The van der Waals surface area contributed by atoms with Crippen molar-refractivity contribution in [3.8, 4) is 0 Å². The Labute approximate surface area is 764 Å². The third kappa shape index (κ3) is 14.0. The van der Waals surface area contributed by atoms with E-state index in [4.69, 9.17) is 0 Å². The molecule has 17 saturated carbocycles. The Morgan fingerprint density at radius 2 is 0.549 bits per heavy atom. The molecule has 0 heteroatoms. The summed E-state index contributed by atoms with van der Waals surface area (Å²) < 4.78 is 0. The first-order valence-electron chi connectivity index (χ1n) is 56.6. The highest BCUT2D eigenvalue weighted by Crippen LogP contribution is 2.80. The van der Waals surface area contributed by atoms with Gasteiger partial charge in [-0.15, -0.1) is 0 Å². The summed E-state index contributed by atoms with van der Waals surface area (Å²) in [6, 6.07) is 0. The molecule has 0 amide bonds. The number of hydrogen-bond donors (Lipinski definition) is 0. The lowest BCUT2D eigenvalue weighted by atomic mass is 9.30. The minimum Gasteiger partial charge on any atom is -0.0625 e. The van der Waals surface area contributed by atoms with Crippen LogP contribution in [0.2, 0.25) is 0 Å². The Bertz CT molecular complexity index is 3520. The molecule has 60 atom stereocenters. The zero-order chi connectivity index (χ0) is 90.1. The van der Waals surface area contributed by atoms with Gasteiger partial charge in [0.1, 0.15) is 0 Å². The molecule has 0 nitrogen and oxygen atoms in total. The van der Waals surface area contributed by atoms with Crippen LogP contribution in [0.3, 0.4) is 0 Å². The summed E-state index contributed by atoms with van der Waals surface area (Å²) in [5.41, 5.74) is 0.948. The van der Waals surface area contributed by atoms with E-state index in [9.17, 15) is 0 Å². The van der Waals surface area contributed by atoms with E-state index in [0.717, 1.165) is 302 Å². The van der Waals surface area contributed by atoms with Crippen LogP contribution in [-0.4, -0.2) is 0 Å². The summed E-state index contributed by atoms with van der Waals surface area (Å²) in [5.74, 6) is 47.0. The lowest BCUT2D eigenvalue weighted by Gasteiger charge is -2.75. The minimum atomic E-state index is 0.0890. The van der Waals surface area contributed by atoms with Gasteiger partial charge in [-0.1, -0.05) is 305 Å². The standard InChI is InChI=1S/C122H216/c1-56-54-122(55-56)91(36)84(29)117-120(42,43)119(40,41)116-89(34)109-79(24)66(11)68(13)82(27)115(109)114(90(116)35)102-53-103(86(31)107-78(23)65(10)67(12)81(26)112(102)107)118(38,39)94-49-95-60(5)46-93(70(15)71(95)16)45-59(4)61(6)98(105-75(20)63(8)62(7)64(9)76(105)21)51-96-74(19)83(28)111-100-47-57(2)58(3)48-101(100)113(88(33)110(111)85(96)30)108-80(25)69(14)77(22)106(87(108)32)99-52-104(121(117,44)92(122)37)97(50-94)72(17)73(99)18/h56-117H,45-55H2,1-44H3. The predicted molar refractivity (Wildman–Crippen MR) is 529 cm³/mol. The molecule has 0 heterocycles. The molecule has 15 bridgehead atoms. The minimum absolute atomic E-state index is 0.0890. The predicted octanol–water partition coefficient (Wildman–Crippen LogP) is 34.5. The molecular weight excluding hydrogens is 1470 g/mol. The molecule has 1 spiro atoms. The normalized spacial score (nSPS) is 63.6. The molecule has 0 aromatic carbocycles. The van der Waals surface area contributed by atoms with Gasteiger partial charge in [0, 0.05) is 0 Å². The molecule has 17 fully saturated rings. The maximum absolute atomic E-state index is 3.26. The average molecular weight is 1680 g/mol. The van der Waals surface area contributed by atoms with Crippen molar-refractivity contribution in [3.63, 3.8) is 0 Å². The van der Waals surface area contributed by atoms with Crippen LogP contribution in [0.1, 0.15) is 375 Å². The first-order valence-corrected chi connectivity index (χ1v) is 56.6. The summed E-state index contributed by atoms with van der Waals surface area (Å²) in [4.78, 5) is 0. The molecule has 60 unspecified atom stereocenters. The van der Waals surface area contributed by atoms with Crippen molar-refractivity contribution in [2.75, 3.05) is 0 Å². The molecule has 0 aromatic heterocycles. The lowest BCUT2D eigenvalue weighted by molar-refractivity contribution is -0.270. The average Bonchev–Trinajstić information content (AvgIpc) is 0.812. The highest BCUT2D eigenvalue weighted by atomic mass is 14.8.